The largest absolute Gasteiger partial charge is 0.379 e. The number of hydrogen-bond acceptors (Lipinski definition) is 3. The van der Waals surface area contributed by atoms with E-state index >= 15 is 0 Å². The molecular weight excluding hydrogens is 244 g/mol. The summed E-state index contributed by atoms with van der Waals surface area (Å²) in [6.45, 7) is 7.12. The fourth-order valence-corrected chi connectivity index (χ4v) is 3.16. The van der Waals surface area contributed by atoms with Crippen LogP contribution in [0.25, 0.3) is 0 Å². The Kier molecular flexibility index (Phi) is 4.13. The molecule has 19 heavy (non-hydrogen) atoms. The lowest BCUT2D eigenvalue weighted by atomic mass is 9.88. The van der Waals surface area contributed by atoms with Gasteiger partial charge in [0, 0.05) is 6.61 Å². The Balaban J connectivity index is 2.24. The Morgan fingerprint density at radius 2 is 2.21 bits per heavy atom. The molecule has 2 heterocycles. The fraction of sp³-hybridized carbons (Fsp3) is 0.857. The molecule has 5 nitrogen and oxygen atoms in total. The molecule has 2 rings (SSSR count). The molecule has 0 bridgehead atoms. The third-order valence-electron chi connectivity index (χ3n) is 4.19. The van der Waals surface area contributed by atoms with E-state index in [-0.39, 0.29) is 23.4 Å². The van der Waals surface area contributed by atoms with Gasteiger partial charge in [-0.2, -0.15) is 0 Å². The molecule has 0 aromatic carbocycles. The van der Waals surface area contributed by atoms with E-state index in [1.165, 1.54) is 0 Å². The molecular formula is C14H24N2O3. The molecule has 2 aliphatic rings. The first kappa shape index (κ1) is 14.3. The van der Waals surface area contributed by atoms with Gasteiger partial charge >= 0.3 is 0 Å². The second-order valence-electron chi connectivity index (χ2n) is 5.89. The van der Waals surface area contributed by atoms with Gasteiger partial charge in [0.2, 0.25) is 11.8 Å². The lowest BCUT2D eigenvalue weighted by molar-refractivity contribution is -0.162. The molecule has 0 aliphatic carbocycles. The van der Waals surface area contributed by atoms with Gasteiger partial charge < -0.3 is 15.0 Å². The van der Waals surface area contributed by atoms with E-state index in [9.17, 15) is 9.59 Å². The van der Waals surface area contributed by atoms with Gasteiger partial charge in [-0.3, -0.25) is 9.59 Å². The van der Waals surface area contributed by atoms with Crippen LogP contribution in [0.15, 0.2) is 0 Å². The normalized spacial score (nSPS) is 36.3. The second-order valence-corrected chi connectivity index (χ2v) is 5.89. The first-order valence-corrected chi connectivity index (χ1v) is 7.21. The highest BCUT2D eigenvalue weighted by Gasteiger charge is 2.47. The summed E-state index contributed by atoms with van der Waals surface area (Å²) in [5, 5.41) is 2.83. The zero-order valence-electron chi connectivity index (χ0n) is 12.1. The van der Waals surface area contributed by atoms with Crippen LogP contribution in [0.3, 0.4) is 0 Å². The fourth-order valence-electron chi connectivity index (χ4n) is 3.16. The minimum atomic E-state index is -0.410. The van der Waals surface area contributed by atoms with Crippen molar-refractivity contribution < 1.29 is 14.3 Å². The number of piperazine rings is 1. The highest BCUT2D eigenvalue weighted by Crippen LogP contribution is 2.30. The highest BCUT2D eigenvalue weighted by molar-refractivity contribution is 5.97. The van der Waals surface area contributed by atoms with Crippen molar-refractivity contribution in [3.63, 3.8) is 0 Å². The zero-order valence-corrected chi connectivity index (χ0v) is 12.1. The molecule has 0 saturated carbocycles. The number of nitrogens with one attached hydrogen (secondary N) is 1. The van der Waals surface area contributed by atoms with Crippen molar-refractivity contribution in [1.82, 2.24) is 10.2 Å². The summed E-state index contributed by atoms with van der Waals surface area (Å²) in [6, 6.07) is -0.778. The quantitative estimate of drug-likeness (QED) is 0.833. The predicted octanol–water partition coefficient (Wildman–Crippen LogP) is 1.07. The zero-order chi connectivity index (χ0) is 14.0. The van der Waals surface area contributed by atoms with Gasteiger partial charge in [0.15, 0.2) is 0 Å². The van der Waals surface area contributed by atoms with E-state index in [2.05, 4.69) is 5.32 Å². The summed E-state index contributed by atoms with van der Waals surface area (Å²) in [7, 11) is 0. The standard InChI is InChI=1S/C14H24N2O3/c1-4-6-11-13(18)16(10(2)12(17)15-11)14(3)7-5-8-19-9-14/h10-11H,4-9H2,1-3H3,(H,15,17). The van der Waals surface area contributed by atoms with Crippen molar-refractivity contribution in [3.8, 4) is 0 Å². The Bertz CT molecular complexity index is 364. The number of rotatable bonds is 3. The molecule has 3 atom stereocenters. The van der Waals surface area contributed by atoms with Gasteiger partial charge in [-0.1, -0.05) is 13.3 Å². The average Bonchev–Trinajstić information content (AvgIpc) is 2.37. The van der Waals surface area contributed by atoms with Gasteiger partial charge in [-0.15, -0.1) is 0 Å². The highest BCUT2D eigenvalue weighted by atomic mass is 16.5. The third-order valence-corrected chi connectivity index (χ3v) is 4.19. The molecule has 0 spiro atoms. The van der Waals surface area contributed by atoms with Crippen LogP contribution in [0.4, 0.5) is 0 Å². The van der Waals surface area contributed by atoms with Gasteiger partial charge in [0.25, 0.3) is 0 Å². The van der Waals surface area contributed by atoms with Crippen LogP contribution in [0.5, 0.6) is 0 Å². The Morgan fingerprint density at radius 3 is 2.79 bits per heavy atom. The van der Waals surface area contributed by atoms with Crippen molar-refractivity contribution in [2.45, 2.75) is 64.1 Å². The lowest BCUT2D eigenvalue weighted by Gasteiger charge is -2.49. The molecule has 3 unspecified atom stereocenters. The van der Waals surface area contributed by atoms with E-state index in [1.807, 2.05) is 13.8 Å². The molecule has 2 saturated heterocycles. The Morgan fingerprint density at radius 1 is 1.47 bits per heavy atom. The van der Waals surface area contributed by atoms with Crippen LogP contribution >= 0.6 is 0 Å². The Labute approximate surface area is 114 Å². The summed E-state index contributed by atoms with van der Waals surface area (Å²) < 4.78 is 5.54. The number of amides is 2. The molecule has 2 fully saturated rings. The van der Waals surface area contributed by atoms with Gasteiger partial charge in [-0.25, -0.2) is 0 Å². The molecule has 5 heteroatoms. The van der Waals surface area contributed by atoms with Crippen LogP contribution in [0.1, 0.15) is 46.5 Å². The summed E-state index contributed by atoms with van der Waals surface area (Å²) in [5.74, 6) is -0.00759. The molecule has 0 aromatic heterocycles. The summed E-state index contributed by atoms with van der Waals surface area (Å²) in [6.07, 6.45) is 3.42. The number of nitrogens with zero attached hydrogens (tertiary/aromatic N) is 1. The van der Waals surface area contributed by atoms with Crippen LogP contribution in [0.2, 0.25) is 0 Å². The van der Waals surface area contributed by atoms with Gasteiger partial charge in [-0.05, 0) is 33.1 Å². The Hall–Kier alpha value is -1.10. The van der Waals surface area contributed by atoms with E-state index in [1.54, 1.807) is 11.8 Å². The van der Waals surface area contributed by atoms with Crippen molar-refractivity contribution in [3.05, 3.63) is 0 Å². The monoisotopic (exact) mass is 268 g/mol. The van der Waals surface area contributed by atoms with E-state index in [0.717, 1.165) is 25.9 Å². The number of carbonyl (C=O) groups is 2. The van der Waals surface area contributed by atoms with E-state index in [0.29, 0.717) is 13.0 Å². The maximum Gasteiger partial charge on any atom is 0.246 e. The van der Waals surface area contributed by atoms with E-state index in [4.69, 9.17) is 4.74 Å². The van der Waals surface area contributed by atoms with Crippen LogP contribution in [0, 0.1) is 0 Å². The molecule has 108 valence electrons. The number of carbonyl (C=O) groups excluding carboxylic acids is 2. The molecule has 0 radical (unpaired) electrons. The SMILES string of the molecule is CCCC1NC(=O)C(C)N(C2(C)CCCOC2)C1=O. The van der Waals surface area contributed by atoms with Crippen molar-refractivity contribution in [1.29, 1.82) is 0 Å². The summed E-state index contributed by atoms with van der Waals surface area (Å²) in [4.78, 5) is 26.5. The minimum Gasteiger partial charge on any atom is -0.379 e. The van der Waals surface area contributed by atoms with Crippen molar-refractivity contribution in [2.75, 3.05) is 13.2 Å². The van der Waals surface area contributed by atoms with Gasteiger partial charge in [0.1, 0.15) is 12.1 Å². The van der Waals surface area contributed by atoms with Crippen LogP contribution in [-0.4, -0.2) is 47.6 Å². The van der Waals surface area contributed by atoms with E-state index < -0.39 is 6.04 Å². The first-order valence-electron chi connectivity index (χ1n) is 7.21. The van der Waals surface area contributed by atoms with Gasteiger partial charge in [0.05, 0.1) is 12.1 Å². The maximum atomic E-state index is 12.6. The van der Waals surface area contributed by atoms with Crippen molar-refractivity contribution in [2.24, 2.45) is 0 Å². The number of hydrogen-bond donors (Lipinski definition) is 1. The first-order chi connectivity index (χ1) is 8.99. The molecule has 1 N–H and O–H groups in total. The average molecular weight is 268 g/mol. The molecule has 2 aliphatic heterocycles. The van der Waals surface area contributed by atoms with Crippen LogP contribution in [-0.2, 0) is 14.3 Å². The number of ether oxygens (including phenoxy) is 1. The third kappa shape index (κ3) is 2.61. The topological polar surface area (TPSA) is 58.6 Å². The summed E-state index contributed by atoms with van der Waals surface area (Å²) in [5.41, 5.74) is -0.349. The van der Waals surface area contributed by atoms with Crippen molar-refractivity contribution >= 4 is 11.8 Å². The summed E-state index contributed by atoms with van der Waals surface area (Å²) >= 11 is 0. The predicted molar refractivity (Wildman–Crippen MR) is 71.6 cm³/mol. The minimum absolute atomic E-state index is 0.0435. The lowest BCUT2D eigenvalue weighted by Crippen LogP contribution is -2.69. The second kappa shape index (κ2) is 5.49. The molecule has 0 aromatic rings. The maximum absolute atomic E-state index is 12.6. The molecule has 2 amide bonds. The smallest absolute Gasteiger partial charge is 0.246 e. The van der Waals surface area contributed by atoms with Crippen LogP contribution < -0.4 is 5.32 Å².